The van der Waals surface area contributed by atoms with Crippen molar-refractivity contribution in [3.05, 3.63) is 35.8 Å². The van der Waals surface area contributed by atoms with Gasteiger partial charge in [-0.15, -0.1) is 0 Å². The molecule has 0 radical (unpaired) electrons. The molecule has 1 heterocycles. The average Bonchev–Trinajstić information content (AvgIpc) is 2.46. The summed E-state index contributed by atoms with van der Waals surface area (Å²) in [5, 5.41) is 0.791. The van der Waals surface area contributed by atoms with Gasteiger partial charge in [0, 0.05) is 11.1 Å². The molecule has 1 nitrogen and oxygen atoms in total. The van der Waals surface area contributed by atoms with Crippen molar-refractivity contribution in [2.24, 2.45) is 0 Å². The molecule has 0 aliphatic rings. The first-order valence-electron chi connectivity index (χ1n) is 3.58. The van der Waals surface area contributed by atoms with Crippen LogP contribution in [0.4, 0.5) is 4.39 Å². The first kappa shape index (κ1) is 7.68. The third kappa shape index (κ3) is 1.20. The van der Waals surface area contributed by atoms with E-state index in [9.17, 15) is 4.39 Å². The summed E-state index contributed by atoms with van der Waals surface area (Å²) in [6, 6.07) is 6.25. The van der Waals surface area contributed by atoms with Crippen LogP contribution in [0.1, 0.15) is 5.76 Å². The first-order chi connectivity index (χ1) is 5.79. The van der Waals surface area contributed by atoms with Gasteiger partial charge in [0.05, 0.1) is 0 Å². The lowest BCUT2D eigenvalue weighted by molar-refractivity contribution is 0.573. The monoisotopic (exact) mass is 182 g/mol. The van der Waals surface area contributed by atoms with E-state index in [1.54, 1.807) is 12.1 Å². The third-order valence-corrected chi connectivity index (χ3v) is 2.00. The Bertz CT molecular complexity index is 408. The highest BCUT2D eigenvalue weighted by molar-refractivity contribution is 7.79. The lowest BCUT2D eigenvalue weighted by Gasteiger charge is -1.86. The molecular formula is C9H7FOS. The minimum Gasteiger partial charge on any atom is -0.460 e. The Hall–Kier alpha value is -0.960. The van der Waals surface area contributed by atoms with E-state index < -0.39 is 0 Å². The molecule has 12 heavy (non-hydrogen) atoms. The smallest absolute Gasteiger partial charge is 0.134 e. The van der Waals surface area contributed by atoms with Crippen LogP contribution in [0.15, 0.2) is 28.7 Å². The summed E-state index contributed by atoms with van der Waals surface area (Å²) in [6.45, 7) is 0. The van der Waals surface area contributed by atoms with E-state index in [1.807, 2.05) is 0 Å². The zero-order valence-corrected chi connectivity index (χ0v) is 7.14. The van der Waals surface area contributed by atoms with Crippen molar-refractivity contribution in [3.8, 4) is 0 Å². The molecule has 0 amide bonds. The summed E-state index contributed by atoms with van der Waals surface area (Å²) in [5.74, 6) is 1.06. The normalized spacial score (nSPS) is 10.8. The van der Waals surface area contributed by atoms with Crippen LogP contribution in [0.5, 0.6) is 0 Å². The molecule has 62 valence electrons. The van der Waals surface area contributed by atoms with E-state index >= 15 is 0 Å². The standard InChI is InChI=1S/C9H7FOS/c10-7-1-2-9-6(3-7)4-8(5-12)11-9/h1-4,12H,5H2. The van der Waals surface area contributed by atoms with Gasteiger partial charge in [-0.2, -0.15) is 12.6 Å². The SMILES string of the molecule is Fc1ccc2oc(CS)cc2c1. The molecule has 0 saturated heterocycles. The minimum absolute atomic E-state index is 0.242. The molecule has 0 aliphatic carbocycles. The van der Waals surface area contributed by atoms with Gasteiger partial charge in [-0.3, -0.25) is 0 Å². The average molecular weight is 182 g/mol. The predicted molar refractivity (Wildman–Crippen MR) is 48.9 cm³/mol. The molecule has 0 saturated carbocycles. The van der Waals surface area contributed by atoms with Gasteiger partial charge < -0.3 is 4.42 Å². The first-order valence-corrected chi connectivity index (χ1v) is 4.21. The van der Waals surface area contributed by atoms with E-state index in [0.717, 1.165) is 11.1 Å². The maximum atomic E-state index is 12.7. The van der Waals surface area contributed by atoms with Crippen molar-refractivity contribution >= 4 is 23.6 Å². The number of halogens is 1. The van der Waals surface area contributed by atoms with Crippen LogP contribution in [0.25, 0.3) is 11.0 Å². The molecule has 1 aromatic heterocycles. The third-order valence-electron chi connectivity index (χ3n) is 1.69. The summed E-state index contributed by atoms with van der Waals surface area (Å²) < 4.78 is 18.0. The van der Waals surface area contributed by atoms with Crippen LogP contribution in [0.3, 0.4) is 0 Å². The van der Waals surface area contributed by atoms with Crippen molar-refractivity contribution in [3.63, 3.8) is 0 Å². The Morgan fingerprint density at radius 1 is 1.33 bits per heavy atom. The summed E-state index contributed by atoms with van der Waals surface area (Å²) in [6.07, 6.45) is 0. The Labute approximate surface area is 74.6 Å². The fraction of sp³-hybridized carbons (Fsp3) is 0.111. The maximum absolute atomic E-state index is 12.7. The second kappa shape index (κ2) is 2.83. The largest absolute Gasteiger partial charge is 0.460 e. The lowest BCUT2D eigenvalue weighted by Crippen LogP contribution is -1.68. The van der Waals surface area contributed by atoms with Crippen molar-refractivity contribution in [1.29, 1.82) is 0 Å². The van der Waals surface area contributed by atoms with Crippen LogP contribution in [0.2, 0.25) is 0 Å². The number of furan rings is 1. The molecule has 2 rings (SSSR count). The van der Waals surface area contributed by atoms with Gasteiger partial charge in [0.2, 0.25) is 0 Å². The highest BCUT2D eigenvalue weighted by Gasteiger charge is 2.02. The minimum atomic E-state index is -0.242. The molecule has 0 fully saturated rings. The number of rotatable bonds is 1. The van der Waals surface area contributed by atoms with Gasteiger partial charge in [0.25, 0.3) is 0 Å². The maximum Gasteiger partial charge on any atom is 0.134 e. The Kier molecular flexibility index (Phi) is 1.81. The highest BCUT2D eigenvalue weighted by atomic mass is 32.1. The second-order valence-electron chi connectivity index (χ2n) is 2.55. The zero-order valence-electron chi connectivity index (χ0n) is 6.25. The molecule has 3 heteroatoms. The van der Waals surface area contributed by atoms with E-state index in [-0.39, 0.29) is 5.82 Å². The van der Waals surface area contributed by atoms with E-state index in [1.165, 1.54) is 12.1 Å². The molecular weight excluding hydrogens is 175 g/mol. The fourth-order valence-electron chi connectivity index (χ4n) is 1.15. The Morgan fingerprint density at radius 2 is 2.17 bits per heavy atom. The lowest BCUT2D eigenvalue weighted by atomic mass is 10.2. The number of hydrogen-bond donors (Lipinski definition) is 1. The van der Waals surface area contributed by atoms with Crippen molar-refractivity contribution < 1.29 is 8.81 Å². The quantitative estimate of drug-likeness (QED) is 0.669. The molecule has 0 atom stereocenters. The molecule has 2 aromatic rings. The summed E-state index contributed by atoms with van der Waals surface area (Å²) in [5.41, 5.74) is 0.709. The van der Waals surface area contributed by atoms with Gasteiger partial charge in [-0.25, -0.2) is 4.39 Å². The van der Waals surface area contributed by atoms with Gasteiger partial charge >= 0.3 is 0 Å². The van der Waals surface area contributed by atoms with Gasteiger partial charge in [0.15, 0.2) is 0 Å². The van der Waals surface area contributed by atoms with Gasteiger partial charge in [0.1, 0.15) is 17.2 Å². The van der Waals surface area contributed by atoms with Crippen molar-refractivity contribution in [2.45, 2.75) is 5.75 Å². The zero-order chi connectivity index (χ0) is 8.55. The molecule has 0 aliphatic heterocycles. The number of benzene rings is 1. The number of hydrogen-bond acceptors (Lipinski definition) is 2. The Morgan fingerprint density at radius 3 is 2.92 bits per heavy atom. The summed E-state index contributed by atoms with van der Waals surface area (Å²) >= 11 is 4.06. The van der Waals surface area contributed by atoms with Gasteiger partial charge in [-0.05, 0) is 24.3 Å². The van der Waals surface area contributed by atoms with Gasteiger partial charge in [-0.1, -0.05) is 0 Å². The molecule has 0 bridgehead atoms. The van der Waals surface area contributed by atoms with Crippen LogP contribution in [-0.2, 0) is 5.75 Å². The summed E-state index contributed by atoms with van der Waals surface area (Å²) in [7, 11) is 0. The number of fused-ring (bicyclic) bond motifs is 1. The molecule has 0 spiro atoms. The molecule has 0 unspecified atom stereocenters. The topological polar surface area (TPSA) is 13.1 Å². The Balaban J connectivity index is 2.67. The van der Waals surface area contributed by atoms with Crippen LogP contribution in [-0.4, -0.2) is 0 Å². The molecule has 0 N–H and O–H groups in total. The van der Waals surface area contributed by atoms with Crippen LogP contribution >= 0.6 is 12.6 Å². The summed E-state index contributed by atoms with van der Waals surface area (Å²) in [4.78, 5) is 0. The van der Waals surface area contributed by atoms with Crippen LogP contribution < -0.4 is 0 Å². The van der Waals surface area contributed by atoms with Crippen molar-refractivity contribution in [2.75, 3.05) is 0 Å². The van der Waals surface area contributed by atoms with E-state index in [4.69, 9.17) is 4.42 Å². The molecule has 1 aromatic carbocycles. The van der Waals surface area contributed by atoms with E-state index in [0.29, 0.717) is 11.3 Å². The van der Waals surface area contributed by atoms with Crippen molar-refractivity contribution in [1.82, 2.24) is 0 Å². The fourth-order valence-corrected chi connectivity index (χ4v) is 1.30. The van der Waals surface area contributed by atoms with E-state index in [2.05, 4.69) is 12.6 Å². The van der Waals surface area contributed by atoms with Crippen LogP contribution in [0, 0.1) is 5.82 Å². The number of thiol groups is 1. The second-order valence-corrected chi connectivity index (χ2v) is 2.87. The highest BCUT2D eigenvalue weighted by Crippen LogP contribution is 2.20. The predicted octanol–water partition coefficient (Wildman–Crippen LogP) is 3.00.